The molecule has 0 saturated carbocycles. The normalized spacial score (nSPS) is 16.8. The predicted molar refractivity (Wildman–Crippen MR) is 129 cm³/mol. The Kier molecular flexibility index (Phi) is 8.09. The lowest BCUT2D eigenvalue weighted by Crippen LogP contribution is -2.53. The van der Waals surface area contributed by atoms with Crippen LogP contribution in [-0.4, -0.2) is 56.7 Å². The number of benzene rings is 2. The summed E-state index contributed by atoms with van der Waals surface area (Å²) in [6, 6.07) is 18.5. The molecule has 1 amide bonds. The third kappa shape index (κ3) is 5.77. The van der Waals surface area contributed by atoms with Gasteiger partial charge in [0.1, 0.15) is 0 Å². The first-order valence-corrected chi connectivity index (χ1v) is 12.7. The van der Waals surface area contributed by atoms with Gasteiger partial charge in [-0.05, 0) is 48.8 Å². The Morgan fingerprint density at radius 1 is 0.969 bits per heavy atom. The number of carbonyl (C=O) groups is 1. The van der Waals surface area contributed by atoms with E-state index in [2.05, 4.69) is 36.5 Å². The summed E-state index contributed by atoms with van der Waals surface area (Å²) in [6.07, 6.45) is 3.41. The van der Waals surface area contributed by atoms with Gasteiger partial charge in [0, 0.05) is 33.7 Å². The maximum Gasteiger partial charge on any atom is 0.281 e. The first-order chi connectivity index (χ1) is 15.3. The average molecular weight is 458 g/mol. The molecule has 6 nitrogen and oxygen atoms in total. The van der Waals surface area contributed by atoms with E-state index in [1.165, 1.54) is 19.7 Å². The number of hydrogen-bond donors (Lipinski definition) is 1. The topological polar surface area (TPSA) is 69.7 Å². The van der Waals surface area contributed by atoms with Crippen LogP contribution in [0, 0.1) is 5.41 Å². The molecule has 1 fully saturated rings. The first-order valence-electron chi connectivity index (χ1n) is 11.3. The molecule has 1 heterocycles. The Labute approximate surface area is 192 Å². The number of rotatable bonds is 9. The van der Waals surface area contributed by atoms with Crippen LogP contribution in [0.5, 0.6) is 0 Å². The standard InChI is InChI=1S/C25H35N3O3S/c1-4-21-10-12-22(13-11-21)14-17-26-24(29)25(20-23-8-6-5-7-9-23)15-18-28(19-16-25)32(30,31)27(2)3/h5-13H,4,14-20H2,1-3H3,(H,26,29). The molecule has 0 bridgehead atoms. The van der Waals surface area contributed by atoms with Crippen molar-refractivity contribution in [2.45, 2.75) is 39.0 Å². The first kappa shape index (κ1) is 24.4. The van der Waals surface area contributed by atoms with Crippen LogP contribution < -0.4 is 5.32 Å². The van der Waals surface area contributed by atoms with Crippen molar-refractivity contribution in [1.29, 1.82) is 0 Å². The van der Waals surface area contributed by atoms with E-state index in [0.29, 0.717) is 38.9 Å². The number of aryl methyl sites for hydroxylation is 1. The van der Waals surface area contributed by atoms with Crippen LogP contribution in [0.15, 0.2) is 54.6 Å². The van der Waals surface area contributed by atoms with Crippen LogP contribution in [0.25, 0.3) is 0 Å². The Morgan fingerprint density at radius 2 is 1.56 bits per heavy atom. The zero-order valence-electron chi connectivity index (χ0n) is 19.4. The molecule has 7 heteroatoms. The van der Waals surface area contributed by atoms with Gasteiger partial charge in [0.25, 0.3) is 10.2 Å². The lowest BCUT2D eigenvalue weighted by molar-refractivity contribution is -0.133. The fourth-order valence-corrected chi connectivity index (χ4v) is 5.40. The molecule has 0 atom stereocenters. The number of amides is 1. The van der Waals surface area contributed by atoms with Crippen molar-refractivity contribution < 1.29 is 13.2 Å². The molecule has 174 valence electrons. The highest BCUT2D eigenvalue weighted by atomic mass is 32.2. The van der Waals surface area contributed by atoms with Gasteiger partial charge in [0.05, 0.1) is 5.41 Å². The molecule has 3 rings (SSSR count). The molecule has 1 saturated heterocycles. The second kappa shape index (κ2) is 10.6. The maximum absolute atomic E-state index is 13.4. The monoisotopic (exact) mass is 457 g/mol. The minimum atomic E-state index is -3.47. The SMILES string of the molecule is CCc1ccc(CCNC(=O)C2(Cc3ccccc3)CCN(S(=O)(=O)N(C)C)CC2)cc1. The summed E-state index contributed by atoms with van der Waals surface area (Å²) in [4.78, 5) is 13.4. The van der Waals surface area contributed by atoms with Gasteiger partial charge in [-0.25, -0.2) is 0 Å². The molecule has 0 spiro atoms. The van der Waals surface area contributed by atoms with Crippen LogP contribution in [0.3, 0.4) is 0 Å². The molecule has 2 aromatic rings. The second-order valence-corrected chi connectivity index (χ2v) is 11.0. The largest absolute Gasteiger partial charge is 0.355 e. The lowest BCUT2D eigenvalue weighted by atomic mass is 9.73. The lowest BCUT2D eigenvalue weighted by Gasteiger charge is -2.40. The van der Waals surface area contributed by atoms with Crippen molar-refractivity contribution >= 4 is 16.1 Å². The molecule has 32 heavy (non-hydrogen) atoms. The van der Waals surface area contributed by atoms with Gasteiger partial charge < -0.3 is 5.32 Å². The molecular weight excluding hydrogens is 422 g/mol. The zero-order valence-corrected chi connectivity index (χ0v) is 20.2. The van der Waals surface area contributed by atoms with Crippen LogP contribution in [0.4, 0.5) is 0 Å². The van der Waals surface area contributed by atoms with E-state index in [-0.39, 0.29) is 5.91 Å². The van der Waals surface area contributed by atoms with Gasteiger partial charge in [-0.3, -0.25) is 4.79 Å². The summed E-state index contributed by atoms with van der Waals surface area (Å²) < 4.78 is 27.8. The van der Waals surface area contributed by atoms with Crippen LogP contribution in [0.1, 0.15) is 36.5 Å². The smallest absolute Gasteiger partial charge is 0.281 e. The highest BCUT2D eigenvalue weighted by Gasteiger charge is 2.43. The Bertz CT molecular complexity index is 981. The van der Waals surface area contributed by atoms with E-state index < -0.39 is 15.6 Å². The fourth-order valence-electron chi connectivity index (χ4n) is 4.30. The van der Waals surface area contributed by atoms with Crippen molar-refractivity contribution in [1.82, 2.24) is 13.9 Å². The van der Waals surface area contributed by atoms with Gasteiger partial charge in [0.2, 0.25) is 5.91 Å². The van der Waals surface area contributed by atoms with Gasteiger partial charge in [-0.15, -0.1) is 0 Å². The van der Waals surface area contributed by atoms with E-state index in [9.17, 15) is 13.2 Å². The van der Waals surface area contributed by atoms with Gasteiger partial charge in [-0.2, -0.15) is 17.0 Å². The molecule has 1 aliphatic rings. The molecule has 1 aliphatic heterocycles. The molecule has 0 aliphatic carbocycles. The Hall–Kier alpha value is -2.22. The van der Waals surface area contributed by atoms with Crippen LogP contribution in [0.2, 0.25) is 0 Å². The number of nitrogens with zero attached hydrogens (tertiary/aromatic N) is 2. The number of piperidine rings is 1. The van der Waals surface area contributed by atoms with Crippen molar-refractivity contribution in [3.63, 3.8) is 0 Å². The number of carbonyl (C=O) groups excluding carboxylic acids is 1. The predicted octanol–water partition coefficient (Wildman–Crippen LogP) is 3.04. The molecule has 0 radical (unpaired) electrons. The number of nitrogens with one attached hydrogen (secondary N) is 1. The van der Waals surface area contributed by atoms with Crippen LogP contribution in [-0.2, 0) is 34.3 Å². The minimum absolute atomic E-state index is 0.0217. The van der Waals surface area contributed by atoms with E-state index >= 15 is 0 Å². The minimum Gasteiger partial charge on any atom is -0.355 e. The van der Waals surface area contributed by atoms with Crippen molar-refractivity contribution in [2.75, 3.05) is 33.7 Å². The fraction of sp³-hybridized carbons (Fsp3) is 0.480. The van der Waals surface area contributed by atoms with Crippen molar-refractivity contribution in [3.05, 3.63) is 71.3 Å². The molecular formula is C25H35N3O3S. The molecule has 1 N–H and O–H groups in total. The van der Waals surface area contributed by atoms with E-state index in [1.54, 1.807) is 14.1 Å². The van der Waals surface area contributed by atoms with Crippen LogP contribution >= 0.6 is 0 Å². The number of hydrogen-bond acceptors (Lipinski definition) is 3. The van der Waals surface area contributed by atoms with E-state index in [0.717, 1.165) is 18.4 Å². The van der Waals surface area contributed by atoms with Crippen molar-refractivity contribution in [2.24, 2.45) is 5.41 Å². The van der Waals surface area contributed by atoms with Gasteiger partial charge >= 0.3 is 0 Å². The molecule has 0 unspecified atom stereocenters. The second-order valence-electron chi connectivity index (χ2n) is 8.81. The summed E-state index contributed by atoms with van der Waals surface area (Å²) in [5, 5.41) is 3.15. The summed E-state index contributed by atoms with van der Waals surface area (Å²) >= 11 is 0. The highest BCUT2D eigenvalue weighted by Crippen LogP contribution is 2.36. The zero-order chi connectivity index (χ0) is 23.2. The third-order valence-corrected chi connectivity index (χ3v) is 8.41. The van der Waals surface area contributed by atoms with Crippen molar-refractivity contribution in [3.8, 4) is 0 Å². The summed E-state index contributed by atoms with van der Waals surface area (Å²) in [5.74, 6) is 0.0217. The Morgan fingerprint density at radius 3 is 2.12 bits per heavy atom. The summed E-state index contributed by atoms with van der Waals surface area (Å²) in [6.45, 7) is 3.40. The maximum atomic E-state index is 13.4. The van der Waals surface area contributed by atoms with E-state index in [1.807, 2.05) is 30.3 Å². The average Bonchev–Trinajstić information content (AvgIpc) is 2.80. The molecule has 2 aromatic carbocycles. The summed E-state index contributed by atoms with van der Waals surface area (Å²) in [5.41, 5.74) is 3.00. The van der Waals surface area contributed by atoms with Gasteiger partial charge in [-0.1, -0.05) is 61.5 Å². The summed E-state index contributed by atoms with van der Waals surface area (Å²) in [7, 11) is -0.387. The Balaban J connectivity index is 1.69. The van der Waals surface area contributed by atoms with E-state index in [4.69, 9.17) is 0 Å². The third-order valence-electron chi connectivity index (χ3n) is 6.46. The molecule has 0 aromatic heterocycles. The van der Waals surface area contributed by atoms with Gasteiger partial charge in [0.15, 0.2) is 0 Å². The highest BCUT2D eigenvalue weighted by molar-refractivity contribution is 7.86. The quantitative estimate of drug-likeness (QED) is 0.629.